The smallest absolute Gasteiger partial charge is 0.303 e. The molecule has 2 aliphatic rings. The molecule has 1 atom stereocenters. The highest BCUT2D eigenvalue weighted by Gasteiger charge is 2.48. The van der Waals surface area contributed by atoms with E-state index in [9.17, 15) is 74.8 Å². The number of unbranched alkanes of at least 4 members (excludes halogenated alkanes) is 2. The third-order valence-corrected chi connectivity index (χ3v) is 17.5. The van der Waals surface area contributed by atoms with E-state index in [2.05, 4.69) is 0 Å². The number of carboxylic acid groups (broad SMARTS) is 1. The van der Waals surface area contributed by atoms with Crippen LogP contribution in [0, 0.1) is 0 Å². The topological polar surface area (TPSA) is 352 Å². The maximum Gasteiger partial charge on any atom is 0.303 e. The van der Waals surface area contributed by atoms with Gasteiger partial charge in [0.2, 0.25) is 5.69 Å². The Morgan fingerprint density at radius 3 is 1.67 bits per heavy atom. The van der Waals surface area contributed by atoms with Gasteiger partial charge < -0.3 is 29.0 Å². The van der Waals surface area contributed by atoms with Gasteiger partial charge in [-0.1, -0.05) is 12.1 Å². The Bertz CT molecular complexity index is 3580. The largest absolute Gasteiger partial charge is 0.481 e. The molecule has 6 rings (SSSR count). The third-order valence-electron chi connectivity index (χ3n) is 13.3. The number of anilines is 1. The molecule has 76 heavy (non-hydrogen) atoms. The molecule has 0 aromatic heterocycles. The Morgan fingerprint density at radius 1 is 0.632 bits per heavy atom. The molecule has 0 saturated carbocycles. The summed E-state index contributed by atoms with van der Waals surface area (Å²) >= 11 is 0. The van der Waals surface area contributed by atoms with Gasteiger partial charge in [0, 0.05) is 71.8 Å². The van der Waals surface area contributed by atoms with Gasteiger partial charge in [-0.15, -0.1) is 0 Å². The summed E-state index contributed by atoms with van der Waals surface area (Å²) in [6.45, 7) is 7.26. The van der Waals surface area contributed by atoms with E-state index in [0.717, 1.165) is 12.1 Å². The van der Waals surface area contributed by atoms with Crippen molar-refractivity contribution in [2.45, 2.75) is 89.7 Å². The molecule has 0 aliphatic carbocycles. The van der Waals surface area contributed by atoms with Gasteiger partial charge in [0.15, 0.2) is 5.71 Å². The van der Waals surface area contributed by atoms with E-state index in [1.807, 2.05) is 4.58 Å². The summed E-state index contributed by atoms with van der Waals surface area (Å²) in [5.74, 6) is -1.71. The van der Waals surface area contributed by atoms with Crippen LogP contribution in [0.2, 0.25) is 0 Å². The van der Waals surface area contributed by atoms with Crippen LogP contribution in [0.25, 0.3) is 21.5 Å². The molecule has 2 aliphatic heterocycles. The van der Waals surface area contributed by atoms with Gasteiger partial charge in [0.1, 0.15) is 16.3 Å². The summed E-state index contributed by atoms with van der Waals surface area (Å²) in [7, 11) is -23.4. The van der Waals surface area contributed by atoms with E-state index in [1.165, 1.54) is 18.2 Å². The van der Waals surface area contributed by atoms with Crippen molar-refractivity contribution >= 4 is 95.2 Å². The molecule has 0 radical (unpaired) electrons. The van der Waals surface area contributed by atoms with Gasteiger partial charge in [0.05, 0.1) is 67.2 Å². The number of aliphatic carboxylic acids is 1. The molecule has 0 spiro atoms. The van der Waals surface area contributed by atoms with Crippen molar-refractivity contribution in [2.75, 3.05) is 77.1 Å². The van der Waals surface area contributed by atoms with Gasteiger partial charge in [-0.3, -0.25) is 27.6 Å². The first-order chi connectivity index (χ1) is 35.3. The number of benzene rings is 4. The number of carboxylic acids is 1. The lowest BCUT2D eigenvalue weighted by atomic mass is 9.75. The SMILES string of the molecule is COCCOCCOCCOCCN1C(=CC=CC2=[N+](CCCCCC(=O)O)c3ccc4c(S(=O)(=O)O)cc(S(=O)(=O)O)cc4c3C2(C)C)C(C)(CCCS(=O)(=O)O)c2c1ccc1c(S(=O)(=O)O)cc(S(=O)(=O)O)cc21. The molecule has 418 valence electrons. The number of hydrogen-bond donors (Lipinski definition) is 6. The van der Waals surface area contributed by atoms with Crippen LogP contribution in [0.4, 0.5) is 11.4 Å². The second-order valence-electron chi connectivity index (χ2n) is 18.8. The average molecular weight is 1160 g/mol. The van der Waals surface area contributed by atoms with Gasteiger partial charge in [0.25, 0.3) is 50.6 Å². The van der Waals surface area contributed by atoms with E-state index in [4.69, 9.17) is 18.9 Å². The first-order valence-electron chi connectivity index (χ1n) is 23.7. The monoisotopic (exact) mass is 1160 g/mol. The van der Waals surface area contributed by atoms with Crippen LogP contribution in [0.5, 0.6) is 0 Å². The van der Waals surface area contributed by atoms with Crippen molar-refractivity contribution in [3.05, 3.63) is 83.6 Å². The average Bonchev–Trinajstić information content (AvgIpc) is 3.67. The van der Waals surface area contributed by atoms with Crippen molar-refractivity contribution < 1.29 is 98.3 Å². The fourth-order valence-corrected chi connectivity index (χ4v) is 13.2. The van der Waals surface area contributed by atoms with Crippen LogP contribution >= 0.6 is 0 Å². The van der Waals surface area contributed by atoms with E-state index < -0.39 is 92.7 Å². The molecular formula is C48H61N2O21S5+. The standard InChI is InChI=1S/C48H60N2O21S5/c1-47(2)42(49(18-7-5-6-12-44(51)52)38-15-13-34-36(45(38)47)28-32(73(56,57)58)30-40(34)75(62,63)64)10-8-11-43-48(3,17-9-27-72(53,54)55)46-37-29-33(74(59,60)61)31-41(76(65,66)67)35(37)14-16-39(46)50(43)19-20-69-23-24-71-26-25-70-22-21-68-4/h8,10-11,13-16,28-31H,5-7,9,12,17-27H2,1-4H3,(H5-,51,52,53,54,55,56,57,58,59,60,61,62,63,64,65,66,67)/p+1. The molecule has 0 saturated heterocycles. The molecule has 23 nitrogen and oxygen atoms in total. The maximum absolute atomic E-state index is 12.9. The zero-order valence-electron chi connectivity index (χ0n) is 41.9. The Hall–Kier alpha value is -4.79. The summed E-state index contributed by atoms with van der Waals surface area (Å²) in [5.41, 5.74) is -0.0839. The fourth-order valence-electron chi connectivity index (χ4n) is 10.00. The molecule has 2 heterocycles. The number of ether oxygens (including phenoxy) is 4. The summed E-state index contributed by atoms with van der Waals surface area (Å²) in [4.78, 5) is 9.84. The maximum atomic E-state index is 12.9. The molecule has 4 aromatic rings. The summed E-state index contributed by atoms with van der Waals surface area (Å²) in [6, 6.07) is 9.24. The minimum atomic E-state index is -5.16. The van der Waals surface area contributed by atoms with Gasteiger partial charge in [-0.05, 0) is 105 Å². The summed E-state index contributed by atoms with van der Waals surface area (Å²) in [6.07, 6.45) is 5.87. The number of methoxy groups -OCH3 is 1. The van der Waals surface area contributed by atoms with Crippen molar-refractivity contribution in [2.24, 2.45) is 0 Å². The molecular weight excluding hydrogens is 1100 g/mol. The molecule has 4 aromatic carbocycles. The van der Waals surface area contributed by atoms with Crippen LogP contribution < -0.4 is 4.90 Å². The molecule has 6 N–H and O–H groups in total. The third kappa shape index (κ3) is 13.9. The highest BCUT2D eigenvalue weighted by atomic mass is 32.2. The zero-order chi connectivity index (χ0) is 56.2. The Labute approximate surface area is 441 Å². The van der Waals surface area contributed by atoms with Crippen LogP contribution in [-0.4, -0.2) is 158 Å². The predicted octanol–water partition coefficient (Wildman–Crippen LogP) is 5.58. The Morgan fingerprint density at radius 2 is 1.16 bits per heavy atom. The lowest BCUT2D eigenvalue weighted by Gasteiger charge is -2.31. The first-order valence-corrected chi connectivity index (χ1v) is 31.0. The van der Waals surface area contributed by atoms with Crippen molar-refractivity contribution in [1.82, 2.24) is 0 Å². The van der Waals surface area contributed by atoms with Crippen LogP contribution in [0.3, 0.4) is 0 Å². The molecule has 28 heteroatoms. The first kappa shape index (κ1) is 60.4. The van der Waals surface area contributed by atoms with Gasteiger partial charge in [-0.25, -0.2) is 0 Å². The molecule has 1 unspecified atom stereocenters. The zero-order valence-corrected chi connectivity index (χ0v) is 46.0. The van der Waals surface area contributed by atoms with Crippen LogP contribution in [0.15, 0.2) is 92.0 Å². The minimum absolute atomic E-state index is 0.0220. The number of hydrogen-bond acceptors (Lipinski definition) is 16. The summed E-state index contributed by atoms with van der Waals surface area (Å²) in [5, 5.41) is 9.11. The van der Waals surface area contributed by atoms with Crippen LogP contribution in [0.1, 0.15) is 70.4 Å². The lowest BCUT2D eigenvalue weighted by molar-refractivity contribution is -0.438. The Balaban J connectivity index is 1.55. The lowest BCUT2D eigenvalue weighted by Crippen LogP contribution is -2.32. The normalized spacial score (nSPS) is 17.7. The fraction of sp³-hybridized carbons (Fsp3) is 0.458. The second-order valence-corrected chi connectivity index (χ2v) is 26.0. The highest BCUT2D eigenvalue weighted by molar-refractivity contribution is 7.87. The number of rotatable bonds is 28. The second kappa shape index (κ2) is 23.7. The van der Waals surface area contributed by atoms with E-state index in [1.54, 1.807) is 57.1 Å². The number of fused-ring (bicyclic) bond motifs is 6. The molecule has 0 fully saturated rings. The van der Waals surface area contributed by atoms with E-state index in [-0.39, 0.29) is 85.9 Å². The minimum Gasteiger partial charge on any atom is -0.481 e. The summed E-state index contributed by atoms with van der Waals surface area (Å²) < 4.78 is 201. The Kier molecular flexibility index (Phi) is 18.8. The van der Waals surface area contributed by atoms with Crippen LogP contribution in [-0.2, 0) is 85.2 Å². The van der Waals surface area contributed by atoms with Crippen molar-refractivity contribution in [3.63, 3.8) is 0 Å². The van der Waals surface area contributed by atoms with Gasteiger partial charge >= 0.3 is 5.97 Å². The molecule has 0 bridgehead atoms. The highest BCUT2D eigenvalue weighted by Crippen LogP contribution is 2.54. The van der Waals surface area contributed by atoms with E-state index >= 15 is 0 Å². The quantitative estimate of drug-likeness (QED) is 0.0229. The van der Waals surface area contributed by atoms with Gasteiger partial charge in [-0.2, -0.15) is 46.7 Å². The predicted molar refractivity (Wildman–Crippen MR) is 278 cm³/mol. The molecule has 0 amide bonds. The van der Waals surface area contributed by atoms with Crippen molar-refractivity contribution in [3.8, 4) is 0 Å². The van der Waals surface area contributed by atoms with E-state index in [0.29, 0.717) is 79.6 Å². The van der Waals surface area contributed by atoms with Crippen molar-refractivity contribution in [1.29, 1.82) is 0 Å². The number of nitrogens with zero attached hydrogens (tertiary/aromatic N) is 2. The number of allylic oxidation sites excluding steroid dienone is 4. The number of carbonyl (C=O) groups is 1.